The molecule has 0 unspecified atom stereocenters. The Bertz CT molecular complexity index is 590. The van der Waals surface area contributed by atoms with Crippen molar-refractivity contribution in [2.45, 2.75) is 13.0 Å². The highest BCUT2D eigenvalue weighted by Gasteiger charge is 2.31. The predicted octanol–water partition coefficient (Wildman–Crippen LogP) is 1.12. The highest BCUT2D eigenvalue weighted by molar-refractivity contribution is 5.89. The van der Waals surface area contributed by atoms with Gasteiger partial charge in [-0.25, -0.2) is 4.79 Å². The van der Waals surface area contributed by atoms with Crippen LogP contribution in [0.5, 0.6) is 0 Å². The number of hydrogen-bond acceptors (Lipinski definition) is 6. The molecule has 0 aromatic heterocycles. The minimum Gasteiger partial charge on any atom is -0.475 e. The number of likely N-dealkylation sites (N-methyl/N-ethyl adjacent to an activating group) is 1. The van der Waals surface area contributed by atoms with Crippen molar-refractivity contribution in [1.82, 2.24) is 15.1 Å². The van der Waals surface area contributed by atoms with Gasteiger partial charge in [-0.1, -0.05) is 18.2 Å². The number of rotatable bonds is 3. The molecule has 0 amide bonds. The van der Waals surface area contributed by atoms with E-state index in [4.69, 9.17) is 4.84 Å². The van der Waals surface area contributed by atoms with E-state index in [2.05, 4.69) is 5.53 Å². The van der Waals surface area contributed by atoms with E-state index in [1.54, 1.807) is 41.4 Å². The Morgan fingerprint density at radius 3 is 2.82 bits per heavy atom. The molecule has 22 heavy (non-hydrogen) atoms. The van der Waals surface area contributed by atoms with Crippen LogP contribution in [0.2, 0.25) is 0 Å². The zero-order chi connectivity index (χ0) is 15.7. The van der Waals surface area contributed by atoms with E-state index in [1.165, 1.54) is 0 Å². The molecule has 0 spiro atoms. The summed E-state index contributed by atoms with van der Waals surface area (Å²) in [5, 5.41) is 14.6. The fraction of sp³-hybridized carbons (Fsp3) is 0.400. The molecular formula is C15H19N4O3-. The molecule has 1 N–H and O–H groups in total. The van der Waals surface area contributed by atoms with Crippen molar-refractivity contribution in [2.75, 3.05) is 26.7 Å². The van der Waals surface area contributed by atoms with Crippen molar-refractivity contribution in [3.63, 3.8) is 0 Å². The summed E-state index contributed by atoms with van der Waals surface area (Å²) < 4.78 is 0. The van der Waals surface area contributed by atoms with Gasteiger partial charge in [0.25, 0.3) is 0 Å². The molecule has 118 valence electrons. The number of carbonyl (C=O) groups excluding carboxylic acids is 1. The second-order valence-corrected chi connectivity index (χ2v) is 5.42. The van der Waals surface area contributed by atoms with Gasteiger partial charge in [0, 0.05) is 17.9 Å². The van der Waals surface area contributed by atoms with E-state index < -0.39 is 0 Å². The molecule has 0 saturated carbocycles. The molecule has 3 rings (SSSR count). The number of aliphatic hydroxyl groups is 1. The smallest absolute Gasteiger partial charge is 0.357 e. The summed E-state index contributed by atoms with van der Waals surface area (Å²) in [6.07, 6.45) is 0. The molecule has 1 fully saturated rings. The molecule has 0 aliphatic carbocycles. The highest BCUT2D eigenvalue weighted by atomic mass is 16.7. The lowest BCUT2D eigenvalue weighted by molar-refractivity contribution is -0.144. The minimum absolute atomic E-state index is 0.00612. The van der Waals surface area contributed by atoms with Crippen molar-refractivity contribution >= 4 is 5.97 Å². The molecule has 7 nitrogen and oxygen atoms in total. The van der Waals surface area contributed by atoms with E-state index in [0.29, 0.717) is 18.7 Å². The third-order valence-electron chi connectivity index (χ3n) is 3.87. The maximum Gasteiger partial charge on any atom is 0.357 e. The van der Waals surface area contributed by atoms with Gasteiger partial charge < -0.3 is 25.5 Å². The van der Waals surface area contributed by atoms with Crippen LogP contribution in [0.25, 0.3) is 5.53 Å². The lowest BCUT2D eigenvalue weighted by Gasteiger charge is -2.45. The van der Waals surface area contributed by atoms with Crippen LogP contribution in [0.1, 0.15) is 17.3 Å². The molecule has 2 aliphatic heterocycles. The fourth-order valence-corrected chi connectivity index (χ4v) is 2.62. The molecule has 2 aliphatic rings. The van der Waals surface area contributed by atoms with Crippen molar-refractivity contribution in [2.24, 2.45) is 0 Å². The van der Waals surface area contributed by atoms with E-state index in [-0.39, 0.29) is 18.6 Å². The summed E-state index contributed by atoms with van der Waals surface area (Å²) in [6, 6.07) is 8.91. The molecular weight excluding hydrogens is 284 g/mol. The van der Waals surface area contributed by atoms with Crippen molar-refractivity contribution < 1.29 is 14.7 Å². The fourth-order valence-electron chi connectivity index (χ4n) is 2.62. The summed E-state index contributed by atoms with van der Waals surface area (Å²) in [4.78, 5) is 17.7. The van der Waals surface area contributed by atoms with Gasteiger partial charge >= 0.3 is 5.97 Å². The van der Waals surface area contributed by atoms with Gasteiger partial charge in [-0.3, -0.25) is 0 Å². The molecule has 2 heterocycles. The Hall–Kier alpha value is -2.09. The maximum atomic E-state index is 12.2. The first-order chi connectivity index (χ1) is 10.6. The number of carbonyl (C=O) groups is 1. The Kier molecular flexibility index (Phi) is 4.02. The Balaban J connectivity index is 1.74. The van der Waals surface area contributed by atoms with E-state index in [9.17, 15) is 9.90 Å². The first-order valence-corrected chi connectivity index (χ1v) is 7.20. The zero-order valence-corrected chi connectivity index (χ0v) is 12.6. The minimum atomic E-state index is -0.379. The third kappa shape index (κ3) is 2.66. The van der Waals surface area contributed by atoms with Crippen LogP contribution in [0.4, 0.5) is 0 Å². The third-order valence-corrected chi connectivity index (χ3v) is 3.87. The first kappa shape index (κ1) is 14.8. The van der Waals surface area contributed by atoms with Crippen LogP contribution in [-0.2, 0) is 4.84 Å². The number of nitrogens with zero attached hydrogens (tertiary/aromatic N) is 4. The van der Waals surface area contributed by atoms with Crippen LogP contribution in [-0.4, -0.2) is 58.9 Å². The monoisotopic (exact) mass is 303 g/mol. The summed E-state index contributed by atoms with van der Waals surface area (Å²) in [7, 11) is 1.79. The van der Waals surface area contributed by atoms with Crippen molar-refractivity contribution in [3.8, 4) is 0 Å². The molecule has 1 atom stereocenters. The van der Waals surface area contributed by atoms with Gasteiger partial charge in [-0.2, -0.15) is 0 Å². The molecule has 1 aromatic carbocycles. The second-order valence-electron chi connectivity index (χ2n) is 5.42. The molecule has 1 aromatic rings. The topological polar surface area (TPSA) is 70.3 Å². The average Bonchev–Trinajstić information content (AvgIpc) is 2.82. The van der Waals surface area contributed by atoms with Gasteiger partial charge in [0.05, 0.1) is 24.8 Å². The Labute approximate surface area is 129 Å². The van der Waals surface area contributed by atoms with Crippen molar-refractivity contribution in [3.05, 3.63) is 52.8 Å². The Morgan fingerprint density at radius 1 is 1.41 bits per heavy atom. The van der Waals surface area contributed by atoms with Crippen LogP contribution in [0, 0.1) is 0 Å². The summed E-state index contributed by atoms with van der Waals surface area (Å²) in [6.45, 7) is 2.89. The second kappa shape index (κ2) is 5.96. The van der Waals surface area contributed by atoms with Gasteiger partial charge in [0.2, 0.25) is 0 Å². The predicted molar refractivity (Wildman–Crippen MR) is 80.0 cm³/mol. The average molecular weight is 303 g/mol. The van der Waals surface area contributed by atoms with Crippen LogP contribution in [0.3, 0.4) is 0 Å². The van der Waals surface area contributed by atoms with Gasteiger partial charge in [-0.05, 0) is 26.1 Å². The quantitative estimate of drug-likeness (QED) is 0.902. The van der Waals surface area contributed by atoms with Gasteiger partial charge in [-0.15, -0.1) is 5.06 Å². The van der Waals surface area contributed by atoms with Crippen molar-refractivity contribution in [1.29, 1.82) is 0 Å². The van der Waals surface area contributed by atoms with Crippen LogP contribution >= 0.6 is 0 Å². The maximum absolute atomic E-state index is 12.2. The highest BCUT2D eigenvalue weighted by Crippen LogP contribution is 2.32. The number of hydroxylamine groups is 2. The van der Waals surface area contributed by atoms with Crippen LogP contribution in [0.15, 0.2) is 41.7 Å². The van der Waals surface area contributed by atoms with E-state index >= 15 is 0 Å². The molecule has 0 radical (unpaired) electrons. The lowest BCUT2D eigenvalue weighted by atomic mass is 10.2. The Morgan fingerprint density at radius 2 is 2.14 bits per heavy atom. The normalized spacial score (nSPS) is 22.0. The lowest BCUT2D eigenvalue weighted by Crippen LogP contribution is -2.48. The van der Waals surface area contributed by atoms with E-state index in [1.807, 2.05) is 18.0 Å². The number of piperazine rings is 1. The van der Waals surface area contributed by atoms with Gasteiger partial charge in [0.1, 0.15) is 0 Å². The molecule has 7 heteroatoms. The largest absolute Gasteiger partial charge is 0.475 e. The van der Waals surface area contributed by atoms with E-state index in [0.717, 1.165) is 11.4 Å². The summed E-state index contributed by atoms with van der Waals surface area (Å²) in [5.74, 6) is -0.379. The number of aliphatic hydroxyl groups excluding tert-OH is 1. The van der Waals surface area contributed by atoms with Crippen LogP contribution < -0.4 is 0 Å². The molecule has 1 saturated heterocycles. The number of fused-ring (bicyclic) bond motifs is 1. The molecule has 0 bridgehead atoms. The number of hydrogen-bond donors (Lipinski definition) is 1. The summed E-state index contributed by atoms with van der Waals surface area (Å²) in [5.41, 5.74) is 6.46. The number of benzene rings is 1. The first-order valence-electron chi connectivity index (χ1n) is 7.20. The zero-order valence-electron chi connectivity index (χ0n) is 12.6. The standard InChI is InChI=1S/C15H19N4O3/c1-11-8-18-13(14(10-20)17(2)16-18)9-19(11)22-15(21)12-6-4-3-5-7-12/h3-7,11,20H,8-10H2,1-2H3/q-1/t11-/m0/s1. The SMILES string of the molecule is C[C@H]1CN2[N-]N(C)C(CO)=C2CN1OC(=O)c1ccccc1. The summed E-state index contributed by atoms with van der Waals surface area (Å²) >= 11 is 0. The van der Waals surface area contributed by atoms with Gasteiger partial charge in [0.15, 0.2) is 0 Å².